The zero-order valence-electron chi connectivity index (χ0n) is 16.3. The highest BCUT2D eigenvalue weighted by Crippen LogP contribution is 2.40. The summed E-state index contributed by atoms with van der Waals surface area (Å²) in [5.74, 6) is 1.40. The van der Waals surface area contributed by atoms with Gasteiger partial charge in [-0.05, 0) is 67.9 Å². The number of carbonyl (C=O) groups excluding carboxylic acids is 1. The van der Waals surface area contributed by atoms with Gasteiger partial charge in [0.25, 0.3) is 0 Å². The third kappa shape index (κ3) is 4.87. The molecule has 148 valence electrons. The Hall–Kier alpha value is -2.03. The molecule has 6 heteroatoms. The molecule has 0 bridgehead atoms. The van der Waals surface area contributed by atoms with E-state index in [4.69, 9.17) is 16.3 Å². The maximum atomic E-state index is 12.4. The molecule has 1 aliphatic carbocycles. The molecule has 0 saturated carbocycles. The molecule has 28 heavy (non-hydrogen) atoms. The summed E-state index contributed by atoms with van der Waals surface area (Å²) in [5, 5.41) is 13.9. The first-order chi connectivity index (χ1) is 13.5. The molecule has 1 heterocycles. The van der Waals surface area contributed by atoms with Gasteiger partial charge in [0.05, 0.1) is 12.2 Å². The van der Waals surface area contributed by atoms with E-state index in [0.717, 1.165) is 42.6 Å². The molecular formula is C22H25ClN2O2S. The minimum Gasteiger partial charge on any atom is -0.493 e. The molecule has 1 N–H and O–H groups in total. The van der Waals surface area contributed by atoms with Crippen LogP contribution in [0.3, 0.4) is 0 Å². The van der Waals surface area contributed by atoms with Gasteiger partial charge in [-0.15, -0.1) is 11.3 Å². The fourth-order valence-corrected chi connectivity index (χ4v) is 5.14. The lowest BCUT2D eigenvalue weighted by Gasteiger charge is -2.20. The van der Waals surface area contributed by atoms with E-state index in [1.807, 2.05) is 19.1 Å². The smallest absolute Gasteiger partial charge is 0.225 e. The molecule has 1 aromatic heterocycles. The van der Waals surface area contributed by atoms with Gasteiger partial charge in [-0.1, -0.05) is 24.9 Å². The number of nitrogens with one attached hydrogen (secondary N) is 1. The maximum Gasteiger partial charge on any atom is 0.225 e. The number of thiophene rings is 1. The first-order valence-electron chi connectivity index (χ1n) is 9.75. The number of anilines is 1. The van der Waals surface area contributed by atoms with Crippen LogP contribution in [-0.2, 0) is 17.6 Å². The number of nitriles is 1. The Labute approximate surface area is 175 Å². The predicted molar refractivity (Wildman–Crippen MR) is 114 cm³/mol. The number of ether oxygens (including phenoxy) is 1. The Morgan fingerprint density at radius 1 is 1.46 bits per heavy atom. The van der Waals surface area contributed by atoms with Crippen molar-refractivity contribution in [3.8, 4) is 11.8 Å². The van der Waals surface area contributed by atoms with Gasteiger partial charge < -0.3 is 10.1 Å². The minimum atomic E-state index is -0.0708. The third-order valence-corrected chi connectivity index (χ3v) is 6.66. The number of benzene rings is 1. The van der Waals surface area contributed by atoms with Gasteiger partial charge in [0.15, 0.2) is 0 Å². The molecule has 0 spiro atoms. The van der Waals surface area contributed by atoms with Gasteiger partial charge >= 0.3 is 0 Å². The van der Waals surface area contributed by atoms with Gasteiger partial charge in [0, 0.05) is 16.3 Å². The lowest BCUT2D eigenvalue weighted by atomic mass is 9.86. The molecule has 0 aliphatic heterocycles. The van der Waals surface area contributed by atoms with E-state index < -0.39 is 0 Å². The number of hydrogen-bond acceptors (Lipinski definition) is 4. The predicted octanol–water partition coefficient (Wildman–Crippen LogP) is 5.89. The molecule has 0 fully saturated rings. The zero-order valence-corrected chi connectivity index (χ0v) is 17.9. The molecule has 1 aliphatic rings. The summed E-state index contributed by atoms with van der Waals surface area (Å²) in [4.78, 5) is 13.6. The number of nitrogens with zero attached hydrogens (tertiary/aromatic N) is 1. The largest absolute Gasteiger partial charge is 0.493 e. The Morgan fingerprint density at radius 2 is 2.29 bits per heavy atom. The highest BCUT2D eigenvalue weighted by Gasteiger charge is 2.25. The quantitative estimate of drug-likeness (QED) is 0.572. The van der Waals surface area contributed by atoms with Crippen LogP contribution in [0.1, 0.15) is 54.2 Å². The molecule has 0 radical (unpaired) electrons. The van der Waals surface area contributed by atoms with Crippen molar-refractivity contribution in [1.29, 1.82) is 5.26 Å². The Kier molecular flexibility index (Phi) is 6.98. The van der Waals surface area contributed by atoms with Gasteiger partial charge in [-0.3, -0.25) is 4.79 Å². The van der Waals surface area contributed by atoms with Crippen molar-refractivity contribution in [2.45, 2.75) is 52.4 Å². The number of carbonyl (C=O) groups is 1. The van der Waals surface area contributed by atoms with Gasteiger partial charge in [0.1, 0.15) is 16.8 Å². The van der Waals surface area contributed by atoms with Crippen LogP contribution in [0, 0.1) is 24.2 Å². The maximum absolute atomic E-state index is 12.4. The van der Waals surface area contributed by atoms with Crippen LogP contribution in [0.4, 0.5) is 5.00 Å². The topological polar surface area (TPSA) is 62.1 Å². The van der Waals surface area contributed by atoms with Crippen molar-refractivity contribution in [1.82, 2.24) is 0 Å². The fraction of sp³-hybridized carbons (Fsp3) is 0.455. The standard InChI is InChI=1S/C22H25ClN2O2S/c1-3-15-6-8-17-18(13-24)22(28-20(17)12-15)25-21(26)5-4-10-27-19-9-7-16(23)11-14(19)2/h7,9,11,15H,3-6,8,10,12H2,1-2H3,(H,25,26)/t15-/m0/s1. The first-order valence-corrected chi connectivity index (χ1v) is 10.9. The van der Waals surface area contributed by atoms with Crippen LogP contribution in [-0.4, -0.2) is 12.5 Å². The average molecular weight is 417 g/mol. The second kappa shape index (κ2) is 9.45. The average Bonchev–Trinajstić information content (AvgIpc) is 3.02. The molecule has 0 saturated heterocycles. The molecule has 1 aromatic carbocycles. The zero-order chi connectivity index (χ0) is 20.1. The normalized spacial score (nSPS) is 15.6. The molecule has 0 unspecified atom stereocenters. The van der Waals surface area contributed by atoms with Crippen molar-refractivity contribution in [2.75, 3.05) is 11.9 Å². The van der Waals surface area contributed by atoms with Crippen LogP contribution in [0.15, 0.2) is 18.2 Å². The summed E-state index contributed by atoms with van der Waals surface area (Å²) in [6.07, 6.45) is 5.22. The van der Waals surface area contributed by atoms with E-state index in [2.05, 4.69) is 18.3 Å². The monoisotopic (exact) mass is 416 g/mol. The summed E-state index contributed by atoms with van der Waals surface area (Å²) in [6.45, 7) is 4.61. The summed E-state index contributed by atoms with van der Waals surface area (Å²) in [6, 6.07) is 7.79. The lowest BCUT2D eigenvalue weighted by Crippen LogP contribution is -2.13. The van der Waals surface area contributed by atoms with Crippen molar-refractivity contribution >= 4 is 33.8 Å². The number of halogens is 1. The molecule has 3 rings (SSSR count). The van der Waals surface area contributed by atoms with E-state index in [0.29, 0.717) is 41.0 Å². The summed E-state index contributed by atoms with van der Waals surface area (Å²) in [7, 11) is 0. The van der Waals surface area contributed by atoms with Crippen molar-refractivity contribution in [2.24, 2.45) is 5.92 Å². The third-order valence-electron chi connectivity index (χ3n) is 5.25. The van der Waals surface area contributed by atoms with Crippen molar-refractivity contribution < 1.29 is 9.53 Å². The molecule has 1 amide bonds. The van der Waals surface area contributed by atoms with Gasteiger partial charge in [-0.25, -0.2) is 0 Å². The minimum absolute atomic E-state index is 0.0708. The second-order valence-electron chi connectivity index (χ2n) is 7.25. The van der Waals surface area contributed by atoms with Crippen LogP contribution < -0.4 is 10.1 Å². The molecule has 4 nitrogen and oxygen atoms in total. The number of aryl methyl sites for hydroxylation is 1. The second-order valence-corrected chi connectivity index (χ2v) is 8.79. The number of fused-ring (bicyclic) bond motifs is 1. The number of rotatable bonds is 7. The van der Waals surface area contributed by atoms with Crippen molar-refractivity contribution in [3.05, 3.63) is 44.8 Å². The molecule has 1 atom stereocenters. The van der Waals surface area contributed by atoms with Gasteiger partial charge in [0.2, 0.25) is 5.91 Å². The first kappa shape index (κ1) is 20.7. The van der Waals surface area contributed by atoms with E-state index in [9.17, 15) is 10.1 Å². The van der Waals surface area contributed by atoms with Crippen LogP contribution in [0.5, 0.6) is 5.75 Å². The van der Waals surface area contributed by atoms with Crippen LogP contribution in [0.25, 0.3) is 0 Å². The summed E-state index contributed by atoms with van der Waals surface area (Å²) in [5.41, 5.74) is 2.79. The van der Waals surface area contributed by atoms with E-state index in [1.54, 1.807) is 17.4 Å². The van der Waals surface area contributed by atoms with Gasteiger partial charge in [-0.2, -0.15) is 5.26 Å². The molecule has 2 aromatic rings. The van der Waals surface area contributed by atoms with E-state index in [1.165, 1.54) is 4.88 Å². The van der Waals surface area contributed by atoms with Crippen LogP contribution >= 0.6 is 22.9 Å². The number of amides is 1. The van der Waals surface area contributed by atoms with Crippen LogP contribution in [0.2, 0.25) is 5.02 Å². The van der Waals surface area contributed by atoms with E-state index in [-0.39, 0.29) is 5.91 Å². The van der Waals surface area contributed by atoms with Crippen molar-refractivity contribution in [3.63, 3.8) is 0 Å². The number of hydrogen-bond donors (Lipinski definition) is 1. The Balaban J connectivity index is 1.52. The lowest BCUT2D eigenvalue weighted by molar-refractivity contribution is -0.116. The summed E-state index contributed by atoms with van der Waals surface area (Å²) < 4.78 is 5.74. The Morgan fingerprint density at radius 3 is 3.00 bits per heavy atom. The highest BCUT2D eigenvalue weighted by molar-refractivity contribution is 7.16. The fourth-order valence-electron chi connectivity index (χ4n) is 3.59. The Bertz CT molecular complexity index is 901. The summed E-state index contributed by atoms with van der Waals surface area (Å²) >= 11 is 7.52. The SMILES string of the molecule is CC[C@H]1CCc2c(sc(NC(=O)CCCOc3ccc(Cl)cc3C)c2C#N)C1. The van der Waals surface area contributed by atoms with E-state index >= 15 is 0 Å². The molecular weight excluding hydrogens is 392 g/mol. The highest BCUT2D eigenvalue weighted by atomic mass is 35.5.